The zero-order valence-electron chi connectivity index (χ0n) is 10.4. The van der Waals surface area contributed by atoms with Gasteiger partial charge in [0.1, 0.15) is 11.0 Å². The molecule has 1 heterocycles. The minimum absolute atomic E-state index is 0.00257. The fourth-order valence-corrected chi connectivity index (χ4v) is 1.54. The summed E-state index contributed by atoms with van der Waals surface area (Å²) in [6.07, 6.45) is 1.72. The van der Waals surface area contributed by atoms with Crippen LogP contribution in [-0.2, 0) is 16.6 Å². The minimum atomic E-state index is 0.00257. The van der Waals surface area contributed by atoms with Gasteiger partial charge in [0.2, 0.25) is 0 Å². The van der Waals surface area contributed by atoms with E-state index in [4.69, 9.17) is 16.3 Å². The third-order valence-electron chi connectivity index (χ3n) is 2.26. The summed E-state index contributed by atoms with van der Waals surface area (Å²) in [6, 6.07) is 1.83. The van der Waals surface area contributed by atoms with Gasteiger partial charge in [0.15, 0.2) is 0 Å². The van der Waals surface area contributed by atoms with Crippen molar-refractivity contribution in [3.63, 3.8) is 0 Å². The second-order valence-corrected chi connectivity index (χ2v) is 5.23. The van der Waals surface area contributed by atoms with Crippen molar-refractivity contribution in [1.82, 2.24) is 9.97 Å². The molecule has 1 rings (SSSR count). The Kier molecular flexibility index (Phi) is 4.69. The summed E-state index contributed by atoms with van der Waals surface area (Å²) >= 11 is 5.99. The zero-order chi connectivity index (χ0) is 12.2. The Balaban J connectivity index is 2.82. The number of aromatic nitrogens is 2. The largest absolute Gasteiger partial charge is 0.385 e. The van der Waals surface area contributed by atoms with Crippen LogP contribution in [0.3, 0.4) is 0 Å². The monoisotopic (exact) mass is 242 g/mol. The molecule has 0 atom stereocenters. The smallest absolute Gasteiger partial charge is 0.133 e. The Morgan fingerprint density at radius 3 is 2.56 bits per heavy atom. The second kappa shape index (κ2) is 5.60. The molecule has 0 fully saturated rings. The summed E-state index contributed by atoms with van der Waals surface area (Å²) in [5.41, 5.74) is 0.989. The molecule has 1 aromatic rings. The SMILES string of the molecule is COCCCc1nc(Cl)cc(C(C)(C)C)n1. The first-order valence-corrected chi connectivity index (χ1v) is 5.84. The average Bonchev–Trinajstić information content (AvgIpc) is 2.16. The maximum atomic E-state index is 5.99. The van der Waals surface area contributed by atoms with Crippen LogP contribution in [0.15, 0.2) is 6.07 Å². The summed E-state index contributed by atoms with van der Waals surface area (Å²) in [5, 5.41) is 0.521. The highest BCUT2D eigenvalue weighted by Gasteiger charge is 2.17. The van der Waals surface area contributed by atoms with E-state index < -0.39 is 0 Å². The van der Waals surface area contributed by atoms with E-state index in [1.807, 2.05) is 6.07 Å². The van der Waals surface area contributed by atoms with Gasteiger partial charge in [-0.25, -0.2) is 9.97 Å². The summed E-state index contributed by atoms with van der Waals surface area (Å²) in [5.74, 6) is 0.800. The normalized spacial score (nSPS) is 11.8. The van der Waals surface area contributed by atoms with Crippen molar-refractivity contribution in [2.75, 3.05) is 13.7 Å². The molecule has 0 radical (unpaired) electrons. The molecule has 0 aromatic carbocycles. The predicted octanol–water partition coefficient (Wildman–Crippen LogP) is 3.01. The van der Waals surface area contributed by atoms with E-state index in [1.165, 1.54) is 0 Å². The molecule has 0 saturated heterocycles. The maximum absolute atomic E-state index is 5.99. The molecule has 16 heavy (non-hydrogen) atoms. The van der Waals surface area contributed by atoms with E-state index in [2.05, 4.69) is 30.7 Å². The lowest BCUT2D eigenvalue weighted by Crippen LogP contribution is -2.15. The second-order valence-electron chi connectivity index (χ2n) is 4.84. The van der Waals surface area contributed by atoms with Gasteiger partial charge in [-0.3, -0.25) is 0 Å². The van der Waals surface area contributed by atoms with Crippen molar-refractivity contribution in [2.45, 2.75) is 39.0 Å². The van der Waals surface area contributed by atoms with Crippen molar-refractivity contribution < 1.29 is 4.74 Å². The first-order valence-electron chi connectivity index (χ1n) is 5.46. The van der Waals surface area contributed by atoms with Crippen molar-refractivity contribution >= 4 is 11.6 Å². The lowest BCUT2D eigenvalue weighted by molar-refractivity contribution is 0.194. The first kappa shape index (κ1) is 13.4. The van der Waals surface area contributed by atoms with Crippen LogP contribution >= 0.6 is 11.6 Å². The molecule has 0 spiro atoms. The standard InChI is InChI=1S/C12H19ClN2O/c1-12(2,3)9-8-10(13)15-11(14-9)6-5-7-16-4/h8H,5-7H2,1-4H3. The summed E-state index contributed by atoms with van der Waals surface area (Å²) in [4.78, 5) is 8.74. The lowest BCUT2D eigenvalue weighted by Gasteiger charge is -2.18. The van der Waals surface area contributed by atoms with Crippen LogP contribution in [0.25, 0.3) is 0 Å². The van der Waals surface area contributed by atoms with Gasteiger partial charge in [0.25, 0.3) is 0 Å². The molecule has 0 saturated carbocycles. The Hall–Kier alpha value is -0.670. The van der Waals surface area contributed by atoms with Crippen LogP contribution < -0.4 is 0 Å². The van der Waals surface area contributed by atoms with E-state index in [0.717, 1.165) is 31.0 Å². The lowest BCUT2D eigenvalue weighted by atomic mass is 9.92. The molecule has 0 aliphatic rings. The molecule has 4 heteroatoms. The number of ether oxygens (including phenoxy) is 1. The Bertz CT molecular complexity index is 347. The molecular weight excluding hydrogens is 224 g/mol. The van der Waals surface area contributed by atoms with Crippen LogP contribution in [0, 0.1) is 0 Å². The fourth-order valence-electron chi connectivity index (χ4n) is 1.34. The number of hydrogen-bond donors (Lipinski definition) is 0. The summed E-state index contributed by atoms with van der Waals surface area (Å²) in [7, 11) is 1.69. The van der Waals surface area contributed by atoms with Gasteiger partial charge in [-0.2, -0.15) is 0 Å². The number of nitrogens with zero attached hydrogens (tertiary/aromatic N) is 2. The van der Waals surface area contributed by atoms with Crippen LogP contribution in [0.2, 0.25) is 5.15 Å². The Morgan fingerprint density at radius 2 is 2.00 bits per heavy atom. The van der Waals surface area contributed by atoms with E-state index in [0.29, 0.717) is 5.15 Å². The highest BCUT2D eigenvalue weighted by Crippen LogP contribution is 2.22. The Labute approximate surface area is 102 Å². The van der Waals surface area contributed by atoms with Crippen molar-refractivity contribution in [1.29, 1.82) is 0 Å². The van der Waals surface area contributed by atoms with Crippen molar-refractivity contribution in [2.24, 2.45) is 0 Å². The van der Waals surface area contributed by atoms with Crippen LogP contribution in [0.5, 0.6) is 0 Å². The van der Waals surface area contributed by atoms with Gasteiger partial charge in [-0.15, -0.1) is 0 Å². The van der Waals surface area contributed by atoms with Gasteiger partial charge >= 0.3 is 0 Å². The van der Waals surface area contributed by atoms with E-state index >= 15 is 0 Å². The number of rotatable bonds is 4. The molecule has 0 unspecified atom stereocenters. The van der Waals surface area contributed by atoms with Crippen LogP contribution in [0.4, 0.5) is 0 Å². The van der Waals surface area contributed by atoms with Gasteiger partial charge in [-0.1, -0.05) is 32.4 Å². The molecule has 0 bridgehead atoms. The highest BCUT2D eigenvalue weighted by atomic mass is 35.5. The minimum Gasteiger partial charge on any atom is -0.385 e. The number of hydrogen-bond acceptors (Lipinski definition) is 3. The van der Waals surface area contributed by atoms with Gasteiger partial charge in [0.05, 0.1) is 5.69 Å². The molecular formula is C12H19ClN2O. The van der Waals surface area contributed by atoms with Crippen LogP contribution in [-0.4, -0.2) is 23.7 Å². The summed E-state index contributed by atoms with van der Waals surface area (Å²) in [6.45, 7) is 7.07. The maximum Gasteiger partial charge on any atom is 0.133 e. The van der Waals surface area contributed by atoms with Gasteiger partial charge in [0, 0.05) is 25.6 Å². The highest BCUT2D eigenvalue weighted by molar-refractivity contribution is 6.29. The molecule has 0 aliphatic carbocycles. The quantitative estimate of drug-likeness (QED) is 0.601. The number of aryl methyl sites for hydroxylation is 1. The van der Waals surface area contributed by atoms with E-state index in [1.54, 1.807) is 7.11 Å². The topological polar surface area (TPSA) is 35.0 Å². The zero-order valence-corrected chi connectivity index (χ0v) is 11.1. The van der Waals surface area contributed by atoms with E-state index in [9.17, 15) is 0 Å². The molecule has 3 nitrogen and oxygen atoms in total. The molecule has 0 N–H and O–H groups in total. The third-order valence-corrected chi connectivity index (χ3v) is 2.45. The van der Waals surface area contributed by atoms with E-state index in [-0.39, 0.29) is 5.41 Å². The first-order chi connectivity index (χ1) is 7.43. The van der Waals surface area contributed by atoms with Crippen LogP contribution in [0.1, 0.15) is 38.7 Å². The predicted molar refractivity (Wildman–Crippen MR) is 65.9 cm³/mol. The van der Waals surface area contributed by atoms with Crippen molar-refractivity contribution in [3.05, 3.63) is 22.7 Å². The van der Waals surface area contributed by atoms with Gasteiger partial charge in [-0.05, 0) is 12.5 Å². The molecule has 0 amide bonds. The molecule has 1 aromatic heterocycles. The number of methoxy groups -OCH3 is 1. The van der Waals surface area contributed by atoms with Crippen molar-refractivity contribution in [3.8, 4) is 0 Å². The summed E-state index contributed by atoms with van der Waals surface area (Å²) < 4.78 is 5.00. The third kappa shape index (κ3) is 4.06. The molecule has 90 valence electrons. The van der Waals surface area contributed by atoms with Gasteiger partial charge < -0.3 is 4.74 Å². The average molecular weight is 243 g/mol. The fraction of sp³-hybridized carbons (Fsp3) is 0.667. The Morgan fingerprint density at radius 1 is 1.31 bits per heavy atom. The molecule has 0 aliphatic heterocycles. The number of halogens is 1.